The quantitative estimate of drug-likeness (QED) is 0.830. The Hall–Kier alpha value is -0.860. The maximum absolute atomic E-state index is 12.8. The van der Waals surface area contributed by atoms with Gasteiger partial charge in [-0.1, -0.05) is 29.3 Å². The molecule has 0 bridgehead atoms. The van der Waals surface area contributed by atoms with E-state index in [4.69, 9.17) is 23.2 Å². The summed E-state index contributed by atoms with van der Waals surface area (Å²) in [4.78, 5) is 13.9. The number of benzene rings is 1. The van der Waals surface area contributed by atoms with Crippen molar-refractivity contribution in [3.8, 4) is 0 Å². The van der Waals surface area contributed by atoms with Crippen LogP contribution in [0.2, 0.25) is 10.0 Å². The largest absolute Gasteiger partial charge is 0.350 e. The summed E-state index contributed by atoms with van der Waals surface area (Å²) in [5, 5.41) is 3.12. The van der Waals surface area contributed by atoms with Crippen molar-refractivity contribution in [2.24, 2.45) is 0 Å². The van der Waals surface area contributed by atoms with Crippen molar-refractivity contribution >= 4 is 39.1 Å². The standard InChI is InChI=1S/C16H23Cl2N3O3S/c1-16(2,3)19-14(22)11-20-7-9-21(10-8-20)25(23,24)15-12(17)5-4-6-13(15)18/h4-6H,7-11H2,1-3H3,(H,19,22). The minimum atomic E-state index is -3.76. The first-order valence-corrected chi connectivity index (χ1v) is 10.2. The molecule has 1 aliphatic rings. The molecule has 140 valence electrons. The van der Waals surface area contributed by atoms with Gasteiger partial charge >= 0.3 is 0 Å². The van der Waals surface area contributed by atoms with Gasteiger partial charge in [-0.3, -0.25) is 9.69 Å². The van der Waals surface area contributed by atoms with Crippen molar-refractivity contribution in [3.63, 3.8) is 0 Å². The molecular formula is C16H23Cl2N3O3S. The molecule has 1 aliphatic heterocycles. The van der Waals surface area contributed by atoms with Crippen LogP contribution in [-0.4, -0.2) is 61.8 Å². The lowest BCUT2D eigenvalue weighted by atomic mass is 10.1. The van der Waals surface area contributed by atoms with Gasteiger partial charge in [-0.2, -0.15) is 4.31 Å². The Balaban J connectivity index is 2.01. The molecule has 6 nitrogen and oxygen atoms in total. The molecule has 0 aliphatic carbocycles. The molecule has 25 heavy (non-hydrogen) atoms. The number of rotatable bonds is 4. The maximum Gasteiger partial charge on any atom is 0.246 e. The second-order valence-corrected chi connectivity index (χ2v) is 9.72. The molecular weight excluding hydrogens is 385 g/mol. The monoisotopic (exact) mass is 407 g/mol. The number of carbonyl (C=O) groups excluding carboxylic acids is 1. The summed E-state index contributed by atoms with van der Waals surface area (Å²) in [6, 6.07) is 4.62. The summed E-state index contributed by atoms with van der Waals surface area (Å²) in [7, 11) is -3.76. The van der Waals surface area contributed by atoms with E-state index in [2.05, 4.69) is 5.32 Å². The number of halogens is 2. The van der Waals surface area contributed by atoms with Crippen molar-refractivity contribution in [3.05, 3.63) is 28.2 Å². The van der Waals surface area contributed by atoms with Crippen LogP contribution in [0.3, 0.4) is 0 Å². The highest BCUT2D eigenvalue weighted by atomic mass is 35.5. The fourth-order valence-electron chi connectivity index (χ4n) is 2.65. The molecule has 0 spiro atoms. The minimum Gasteiger partial charge on any atom is -0.350 e. The zero-order chi connectivity index (χ0) is 18.8. The predicted octanol–water partition coefficient (Wildman–Crippen LogP) is 2.21. The van der Waals surface area contributed by atoms with Gasteiger partial charge in [0, 0.05) is 31.7 Å². The highest BCUT2D eigenvalue weighted by molar-refractivity contribution is 7.89. The van der Waals surface area contributed by atoms with Crippen LogP contribution >= 0.6 is 23.2 Å². The van der Waals surface area contributed by atoms with E-state index in [0.29, 0.717) is 13.1 Å². The van der Waals surface area contributed by atoms with Crippen LogP contribution in [0.25, 0.3) is 0 Å². The Bertz CT molecular complexity index is 719. The molecule has 0 aromatic heterocycles. The molecule has 0 saturated carbocycles. The number of nitrogens with one attached hydrogen (secondary N) is 1. The molecule has 1 fully saturated rings. The molecule has 2 rings (SSSR count). The lowest BCUT2D eigenvalue weighted by Gasteiger charge is -2.34. The number of carbonyl (C=O) groups is 1. The average Bonchev–Trinajstić information content (AvgIpc) is 2.45. The molecule has 1 saturated heterocycles. The van der Waals surface area contributed by atoms with Gasteiger partial charge in [-0.15, -0.1) is 0 Å². The van der Waals surface area contributed by atoms with Crippen LogP contribution in [0.5, 0.6) is 0 Å². The highest BCUT2D eigenvalue weighted by Crippen LogP contribution is 2.31. The number of piperazine rings is 1. The summed E-state index contributed by atoms with van der Waals surface area (Å²) in [6.07, 6.45) is 0. The first-order chi connectivity index (χ1) is 11.5. The molecule has 1 N–H and O–H groups in total. The van der Waals surface area contributed by atoms with Gasteiger partial charge in [0.15, 0.2) is 0 Å². The van der Waals surface area contributed by atoms with E-state index in [1.54, 1.807) is 6.07 Å². The Morgan fingerprint density at radius 1 is 1.12 bits per heavy atom. The van der Waals surface area contributed by atoms with Gasteiger partial charge in [-0.05, 0) is 32.9 Å². The summed E-state index contributed by atoms with van der Waals surface area (Å²) in [5.41, 5.74) is -0.289. The third-order valence-electron chi connectivity index (χ3n) is 3.73. The summed E-state index contributed by atoms with van der Waals surface area (Å²) < 4.78 is 27.0. The summed E-state index contributed by atoms with van der Waals surface area (Å²) in [5.74, 6) is -0.0713. The van der Waals surface area contributed by atoms with E-state index in [-0.39, 0.29) is 46.0 Å². The van der Waals surface area contributed by atoms with E-state index in [1.807, 2.05) is 25.7 Å². The van der Waals surface area contributed by atoms with Gasteiger partial charge in [0.2, 0.25) is 15.9 Å². The molecule has 1 heterocycles. The zero-order valence-corrected chi connectivity index (χ0v) is 16.9. The van der Waals surface area contributed by atoms with Crippen LogP contribution < -0.4 is 5.32 Å². The first-order valence-electron chi connectivity index (χ1n) is 7.98. The number of nitrogens with zero attached hydrogens (tertiary/aromatic N) is 2. The van der Waals surface area contributed by atoms with E-state index in [1.165, 1.54) is 16.4 Å². The second kappa shape index (κ2) is 7.80. The minimum absolute atomic E-state index is 0.0581. The van der Waals surface area contributed by atoms with Crippen LogP contribution in [0.1, 0.15) is 20.8 Å². The fourth-order valence-corrected chi connectivity index (χ4v) is 5.16. The third-order valence-corrected chi connectivity index (χ3v) is 6.58. The Labute approximate surface area is 159 Å². The van der Waals surface area contributed by atoms with Gasteiger partial charge < -0.3 is 5.32 Å². The molecule has 1 aromatic rings. The fraction of sp³-hybridized carbons (Fsp3) is 0.562. The van der Waals surface area contributed by atoms with Crippen molar-refractivity contribution in [1.82, 2.24) is 14.5 Å². The van der Waals surface area contributed by atoms with Crippen LogP contribution in [0.15, 0.2) is 23.1 Å². The number of sulfonamides is 1. The molecule has 9 heteroatoms. The predicted molar refractivity (Wildman–Crippen MR) is 99.6 cm³/mol. The molecule has 0 radical (unpaired) electrons. The van der Waals surface area contributed by atoms with Gasteiger partial charge in [-0.25, -0.2) is 8.42 Å². The Morgan fingerprint density at radius 3 is 2.12 bits per heavy atom. The first kappa shape index (κ1) is 20.5. The zero-order valence-electron chi connectivity index (χ0n) is 14.6. The van der Waals surface area contributed by atoms with E-state index in [0.717, 1.165) is 0 Å². The van der Waals surface area contributed by atoms with Gasteiger partial charge in [0.05, 0.1) is 16.6 Å². The third kappa shape index (κ3) is 5.31. The van der Waals surface area contributed by atoms with Crippen molar-refractivity contribution in [2.75, 3.05) is 32.7 Å². The van der Waals surface area contributed by atoms with Crippen LogP contribution in [0.4, 0.5) is 0 Å². The Kier molecular flexibility index (Phi) is 6.38. The highest BCUT2D eigenvalue weighted by Gasteiger charge is 2.32. The molecule has 0 atom stereocenters. The topological polar surface area (TPSA) is 69.7 Å². The number of amides is 1. The normalized spacial score (nSPS) is 17.5. The van der Waals surface area contributed by atoms with E-state index >= 15 is 0 Å². The van der Waals surface area contributed by atoms with Crippen molar-refractivity contribution in [2.45, 2.75) is 31.2 Å². The van der Waals surface area contributed by atoms with E-state index < -0.39 is 10.0 Å². The summed E-state index contributed by atoms with van der Waals surface area (Å²) >= 11 is 12.1. The summed E-state index contributed by atoms with van der Waals surface area (Å²) in [6.45, 7) is 7.52. The van der Waals surface area contributed by atoms with Gasteiger partial charge in [0.1, 0.15) is 4.90 Å². The smallest absolute Gasteiger partial charge is 0.246 e. The molecule has 1 aromatic carbocycles. The average molecular weight is 408 g/mol. The maximum atomic E-state index is 12.8. The van der Waals surface area contributed by atoms with Gasteiger partial charge in [0.25, 0.3) is 0 Å². The second-order valence-electron chi connectivity index (χ2n) is 7.03. The lowest BCUT2D eigenvalue weighted by molar-refractivity contribution is -0.123. The van der Waals surface area contributed by atoms with Crippen molar-refractivity contribution < 1.29 is 13.2 Å². The SMILES string of the molecule is CC(C)(C)NC(=O)CN1CCN(S(=O)(=O)c2c(Cl)cccc2Cl)CC1. The lowest BCUT2D eigenvalue weighted by Crippen LogP contribution is -2.52. The molecule has 1 amide bonds. The van der Waals surface area contributed by atoms with Crippen molar-refractivity contribution in [1.29, 1.82) is 0 Å². The molecule has 0 unspecified atom stereocenters. The van der Waals surface area contributed by atoms with Crippen LogP contribution in [-0.2, 0) is 14.8 Å². The number of hydrogen-bond acceptors (Lipinski definition) is 4. The number of hydrogen-bond donors (Lipinski definition) is 1. The van der Waals surface area contributed by atoms with E-state index in [9.17, 15) is 13.2 Å². The van der Waals surface area contributed by atoms with Crippen LogP contribution in [0, 0.1) is 0 Å². The Morgan fingerprint density at radius 2 is 1.64 bits per heavy atom.